The van der Waals surface area contributed by atoms with Crippen LogP contribution in [0.3, 0.4) is 0 Å². The quantitative estimate of drug-likeness (QED) is 0.607. The third-order valence-electron chi connectivity index (χ3n) is 3.87. The average molecular weight is 349 g/mol. The molecule has 23 heavy (non-hydrogen) atoms. The molecule has 0 radical (unpaired) electrons. The van der Waals surface area contributed by atoms with E-state index in [0.29, 0.717) is 19.0 Å². The minimum atomic E-state index is -3.26. The molecule has 0 spiro atoms. The number of ether oxygens (including phenoxy) is 1. The van der Waals surface area contributed by atoms with Crippen LogP contribution in [0, 0.1) is 5.92 Å². The second-order valence-corrected chi connectivity index (χ2v) is 8.38. The summed E-state index contributed by atoms with van der Waals surface area (Å²) in [4.78, 5) is 14.1. The highest BCUT2D eigenvalue weighted by Gasteiger charge is 2.18. The van der Waals surface area contributed by atoms with Crippen molar-refractivity contribution in [2.75, 3.05) is 58.7 Å². The van der Waals surface area contributed by atoms with Crippen molar-refractivity contribution in [1.29, 1.82) is 0 Å². The highest BCUT2D eigenvalue weighted by atomic mass is 32.2. The number of hydrogen-bond donors (Lipinski definition) is 1. The summed E-state index contributed by atoms with van der Waals surface area (Å²) in [5.74, 6) is 0.332. The molecule has 1 amide bonds. The predicted molar refractivity (Wildman–Crippen MR) is 90.8 cm³/mol. The van der Waals surface area contributed by atoms with Crippen molar-refractivity contribution in [2.24, 2.45) is 5.92 Å². The summed E-state index contributed by atoms with van der Waals surface area (Å²) >= 11 is 0. The van der Waals surface area contributed by atoms with Crippen molar-refractivity contribution < 1.29 is 17.9 Å². The van der Waals surface area contributed by atoms with E-state index in [-0.39, 0.29) is 18.9 Å². The molecule has 0 saturated carbocycles. The van der Waals surface area contributed by atoms with Gasteiger partial charge in [0.1, 0.15) is 0 Å². The minimum absolute atomic E-state index is 0.101. The van der Waals surface area contributed by atoms with Crippen molar-refractivity contribution in [3.8, 4) is 0 Å². The Labute approximate surface area is 140 Å². The smallest absolute Gasteiger partial charge is 0.221 e. The van der Waals surface area contributed by atoms with Gasteiger partial charge in [-0.3, -0.25) is 9.69 Å². The van der Waals surface area contributed by atoms with Crippen LogP contribution in [0.5, 0.6) is 0 Å². The summed E-state index contributed by atoms with van der Waals surface area (Å²) in [6.07, 6.45) is 2.20. The Morgan fingerprint density at radius 1 is 1.26 bits per heavy atom. The van der Waals surface area contributed by atoms with Gasteiger partial charge in [-0.1, -0.05) is 13.8 Å². The van der Waals surface area contributed by atoms with Crippen LogP contribution < -0.4 is 5.32 Å². The van der Waals surface area contributed by atoms with Gasteiger partial charge >= 0.3 is 0 Å². The third kappa shape index (κ3) is 9.24. The standard InChI is InChI=1S/C15H31N3O4S/c1-14(2)4-7-18(23(3,20)21)8-5-15(19)16-6-9-17-10-12-22-13-11-17/h14H,4-13H2,1-3H3,(H,16,19). The Bertz CT molecular complexity index is 448. The number of nitrogens with zero attached hydrogens (tertiary/aromatic N) is 2. The molecule has 0 aromatic carbocycles. The third-order valence-corrected chi connectivity index (χ3v) is 5.17. The lowest BCUT2D eigenvalue weighted by molar-refractivity contribution is -0.121. The van der Waals surface area contributed by atoms with Gasteiger partial charge in [-0.2, -0.15) is 0 Å². The van der Waals surface area contributed by atoms with Gasteiger partial charge in [-0.15, -0.1) is 0 Å². The fraction of sp³-hybridized carbons (Fsp3) is 0.933. The highest BCUT2D eigenvalue weighted by Crippen LogP contribution is 2.06. The normalized spacial score (nSPS) is 16.9. The van der Waals surface area contributed by atoms with Crippen LogP contribution in [0.15, 0.2) is 0 Å². The zero-order valence-corrected chi connectivity index (χ0v) is 15.4. The lowest BCUT2D eigenvalue weighted by Crippen LogP contribution is -2.42. The summed E-state index contributed by atoms with van der Waals surface area (Å²) in [5.41, 5.74) is 0. The second-order valence-electron chi connectivity index (χ2n) is 6.40. The van der Waals surface area contributed by atoms with Crippen LogP contribution in [-0.2, 0) is 19.6 Å². The maximum atomic E-state index is 11.9. The molecule has 136 valence electrons. The zero-order chi connectivity index (χ0) is 17.3. The van der Waals surface area contributed by atoms with E-state index in [1.807, 2.05) is 0 Å². The molecule has 1 saturated heterocycles. The second kappa shape index (κ2) is 10.2. The molecule has 7 nitrogen and oxygen atoms in total. The Morgan fingerprint density at radius 3 is 2.48 bits per heavy atom. The first-order chi connectivity index (χ1) is 10.8. The first-order valence-corrected chi connectivity index (χ1v) is 10.2. The van der Waals surface area contributed by atoms with Gasteiger partial charge in [0.25, 0.3) is 0 Å². The topological polar surface area (TPSA) is 79.0 Å². The number of rotatable bonds is 10. The molecule has 0 aliphatic carbocycles. The lowest BCUT2D eigenvalue weighted by Gasteiger charge is -2.26. The predicted octanol–water partition coefficient (Wildman–Crippen LogP) is 0.133. The molecule has 0 unspecified atom stereocenters. The summed E-state index contributed by atoms with van der Waals surface area (Å²) in [6, 6.07) is 0. The van der Waals surface area contributed by atoms with E-state index < -0.39 is 10.0 Å². The average Bonchev–Trinajstić information content (AvgIpc) is 2.46. The summed E-state index contributed by atoms with van der Waals surface area (Å²) < 4.78 is 30.2. The molecule has 1 rings (SSSR count). The first kappa shape index (κ1) is 20.3. The molecule has 0 atom stereocenters. The molecule has 0 aromatic rings. The van der Waals surface area contributed by atoms with Crippen molar-refractivity contribution in [2.45, 2.75) is 26.7 Å². The van der Waals surface area contributed by atoms with Gasteiger partial charge in [-0.25, -0.2) is 12.7 Å². The number of nitrogens with one attached hydrogen (secondary N) is 1. The van der Waals surface area contributed by atoms with Gasteiger partial charge in [0, 0.05) is 45.7 Å². The molecule has 1 aliphatic heterocycles. The Morgan fingerprint density at radius 2 is 1.91 bits per heavy atom. The Balaban J connectivity index is 2.25. The van der Waals surface area contributed by atoms with Crippen molar-refractivity contribution in [3.05, 3.63) is 0 Å². The number of sulfonamides is 1. The van der Waals surface area contributed by atoms with E-state index >= 15 is 0 Å². The monoisotopic (exact) mass is 349 g/mol. The van der Waals surface area contributed by atoms with Crippen LogP contribution in [0.1, 0.15) is 26.7 Å². The largest absolute Gasteiger partial charge is 0.379 e. The molecular formula is C15H31N3O4S. The Kier molecular flexibility index (Phi) is 9.04. The molecule has 1 N–H and O–H groups in total. The van der Waals surface area contributed by atoms with E-state index in [1.165, 1.54) is 10.6 Å². The van der Waals surface area contributed by atoms with Gasteiger partial charge in [-0.05, 0) is 12.3 Å². The molecule has 0 aromatic heterocycles. The van der Waals surface area contributed by atoms with Gasteiger partial charge < -0.3 is 10.1 Å². The van der Waals surface area contributed by atoms with Crippen LogP contribution >= 0.6 is 0 Å². The lowest BCUT2D eigenvalue weighted by atomic mass is 10.1. The summed E-state index contributed by atoms with van der Waals surface area (Å²) in [6.45, 7) is 9.49. The number of carbonyl (C=O) groups excluding carboxylic acids is 1. The zero-order valence-electron chi connectivity index (χ0n) is 14.6. The first-order valence-electron chi connectivity index (χ1n) is 8.31. The van der Waals surface area contributed by atoms with Gasteiger partial charge in [0.05, 0.1) is 19.5 Å². The van der Waals surface area contributed by atoms with Crippen LogP contribution in [0.2, 0.25) is 0 Å². The maximum absolute atomic E-state index is 11.9. The van der Waals surface area contributed by atoms with Crippen LogP contribution in [0.25, 0.3) is 0 Å². The van der Waals surface area contributed by atoms with Gasteiger partial charge in [0.2, 0.25) is 15.9 Å². The molecule has 1 fully saturated rings. The van der Waals surface area contributed by atoms with E-state index in [1.54, 1.807) is 0 Å². The number of amides is 1. The number of carbonyl (C=O) groups is 1. The van der Waals surface area contributed by atoms with Crippen molar-refractivity contribution in [3.63, 3.8) is 0 Å². The molecule has 1 aliphatic rings. The number of hydrogen-bond acceptors (Lipinski definition) is 5. The number of morpholine rings is 1. The van der Waals surface area contributed by atoms with Crippen molar-refractivity contribution >= 4 is 15.9 Å². The van der Waals surface area contributed by atoms with Crippen LogP contribution in [-0.4, -0.2) is 82.3 Å². The maximum Gasteiger partial charge on any atom is 0.221 e. The van der Waals surface area contributed by atoms with E-state index in [9.17, 15) is 13.2 Å². The summed E-state index contributed by atoms with van der Waals surface area (Å²) in [5, 5.41) is 2.86. The fourth-order valence-electron chi connectivity index (χ4n) is 2.34. The van der Waals surface area contributed by atoms with E-state index in [0.717, 1.165) is 39.3 Å². The van der Waals surface area contributed by atoms with Crippen molar-refractivity contribution in [1.82, 2.24) is 14.5 Å². The Hall–Kier alpha value is -0.700. The van der Waals surface area contributed by atoms with Crippen LogP contribution in [0.4, 0.5) is 0 Å². The van der Waals surface area contributed by atoms with E-state index in [4.69, 9.17) is 4.74 Å². The molecule has 0 bridgehead atoms. The fourth-order valence-corrected chi connectivity index (χ4v) is 3.20. The highest BCUT2D eigenvalue weighted by molar-refractivity contribution is 7.88. The minimum Gasteiger partial charge on any atom is -0.379 e. The SMILES string of the molecule is CC(C)CCN(CCC(=O)NCCN1CCOCC1)S(C)(=O)=O. The molecule has 8 heteroatoms. The summed E-state index contributed by atoms with van der Waals surface area (Å²) in [7, 11) is -3.26. The van der Waals surface area contributed by atoms with E-state index in [2.05, 4.69) is 24.1 Å². The molecular weight excluding hydrogens is 318 g/mol. The van der Waals surface area contributed by atoms with Gasteiger partial charge in [0.15, 0.2) is 0 Å². The molecule has 1 heterocycles.